The summed E-state index contributed by atoms with van der Waals surface area (Å²) in [4.78, 5) is 47.2. The molecule has 4 aliphatic rings. The topological polar surface area (TPSA) is 81.2 Å². The molecule has 1 spiro atoms. The molecule has 1 aromatic rings. The number of anilines is 1. The molecule has 0 aliphatic carbocycles. The monoisotopic (exact) mass is 495 g/mol. The Labute approximate surface area is 210 Å². The fourth-order valence-electron chi connectivity index (χ4n) is 6.56. The van der Waals surface area contributed by atoms with Gasteiger partial charge in [0.2, 0.25) is 11.8 Å². The van der Waals surface area contributed by atoms with Crippen LogP contribution in [0.1, 0.15) is 24.5 Å². The first kappa shape index (κ1) is 24.1. The maximum Gasteiger partial charge on any atom is 0.251 e. The van der Waals surface area contributed by atoms with Gasteiger partial charge in [0, 0.05) is 43.7 Å². The molecule has 8 heteroatoms. The van der Waals surface area contributed by atoms with E-state index in [0.717, 1.165) is 16.8 Å². The number of thioether (sulfide) groups is 1. The molecule has 186 valence electrons. The Hall–Kier alpha value is -2.58. The molecule has 1 N–H and O–H groups in total. The highest BCUT2D eigenvalue weighted by Gasteiger charge is 2.73. The molecule has 5 rings (SSSR count). The number of aryl methyl sites for hydroxylation is 2. The van der Waals surface area contributed by atoms with Crippen LogP contribution in [0.5, 0.6) is 0 Å². The van der Waals surface area contributed by atoms with Crippen LogP contribution < -0.4 is 4.90 Å². The van der Waals surface area contributed by atoms with E-state index in [2.05, 4.69) is 6.08 Å². The predicted octanol–water partition coefficient (Wildman–Crippen LogP) is 2.30. The summed E-state index contributed by atoms with van der Waals surface area (Å²) in [5.74, 6) is -1.55. The quantitative estimate of drug-likeness (QED) is 0.649. The third-order valence-electron chi connectivity index (χ3n) is 8.02. The summed E-state index contributed by atoms with van der Waals surface area (Å²) in [6.45, 7) is 7.14. The number of carbonyl (C=O) groups is 3. The Morgan fingerprint density at radius 2 is 1.69 bits per heavy atom. The van der Waals surface area contributed by atoms with E-state index in [0.29, 0.717) is 19.5 Å². The summed E-state index contributed by atoms with van der Waals surface area (Å²) in [5, 5.41) is 9.55. The second-order valence-corrected chi connectivity index (χ2v) is 12.1. The molecule has 4 aliphatic heterocycles. The highest BCUT2D eigenvalue weighted by Crippen LogP contribution is 2.65. The Morgan fingerprint density at radius 1 is 1.00 bits per heavy atom. The molecule has 1 aromatic carbocycles. The molecule has 0 bridgehead atoms. The number of amides is 3. The molecule has 1 unspecified atom stereocenters. The Kier molecular flexibility index (Phi) is 5.87. The van der Waals surface area contributed by atoms with E-state index in [9.17, 15) is 19.5 Å². The summed E-state index contributed by atoms with van der Waals surface area (Å²) >= 11 is 1.59. The first-order valence-corrected chi connectivity index (χ1v) is 13.1. The number of benzene rings is 1. The van der Waals surface area contributed by atoms with Gasteiger partial charge in [0.15, 0.2) is 0 Å². The minimum absolute atomic E-state index is 0.0558. The van der Waals surface area contributed by atoms with Crippen LogP contribution in [0.4, 0.5) is 5.69 Å². The zero-order valence-corrected chi connectivity index (χ0v) is 21.5. The second-order valence-electron chi connectivity index (χ2n) is 10.3. The number of hydrogen-bond donors (Lipinski definition) is 1. The van der Waals surface area contributed by atoms with Crippen LogP contribution in [0, 0.1) is 25.7 Å². The summed E-state index contributed by atoms with van der Waals surface area (Å²) in [6, 6.07) is 5.22. The van der Waals surface area contributed by atoms with Gasteiger partial charge in [-0.3, -0.25) is 14.4 Å². The van der Waals surface area contributed by atoms with Crippen molar-refractivity contribution in [3.05, 3.63) is 53.6 Å². The van der Waals surface area contributed by atoms with E-state index in [1.807, 2.05) is 57.2 Å². The van der Waals surface area contributed by atoms with Crippen molar-refractivity contribution < 1.29 is 19.5 Å². The summed E-state index contributed by atoms with van der Waals surface area (Å²) in [5.41, 5.74) is 2.87. The summed E-state index contributed by atoms with van der Waals surface area (Å²) in [6.07, 6.45) is 8.48. The summed E-state index contributed by atoms with van der Waals surface area (Å²) in [7, 11) is 1.77. The summed E-state index contributed by atoms with van der Waals surface area (Å²) < 4.78 is -1.45. The zero-order chi connectivity index (χ0) is 25.1. The molecule has 0 aromatic heterocycles. The molecule has 2 fully saturated rings. The van der Waals surface area contributed by atoms with E-state index in [1.54, 1.807) is 33.5 Å². The van der Waals surface area contributed by atoms with Gasteiger partial charge in [0.25, 0.3) is 5.91 Å². The maximum absolute atomic E-state index is 14.4. The van der Waals surface area contributed by atoms with Gasteiger partial charge in [-0.1, -0.05) is 42.5 Å². The molecule has 0 radical (unpaired) electrons. The molecular weight excluding hydrogens is 462 g/mol. The van der Waals surface area contributed by atoms with Crippen LogP contribution in [0.3, 0.4) is 0 Å². The number of likely N-dealkylation sites (tertiary alicyclic amines) is 1. The first-order valence-electron chi connectivity index (χ1n) is 12.3. The van der Waals surface area contributed by atoms with Gasteiger partial charge in [-0.15, -0.1) is 11.8 Å². The van der Waals surface area contributed by atoms with E-state index < -0.39 is 27.4 Å². The van der Waals surface area contributed by atoms with Crippen LogP contribution in [0.15, 0.2) is 42.5 Å². The van der Waals surface area contributed by atoms with Gasteiger partial charge < -0.3 is 19.8 Å². The molecular formula is C27H33N3O4S. The van der Waals surface area contributed by atoms with E-state index >= 15 is 0 Å². The van der Waals surface area contributed by atoms with Gasteiger partial charge in [-0.2, -0.15) is 0 Å². The van der Waals surface area contributed by atoms with Crippen LogP contribution in [-0.4, -0.2) is 81.5 Å². The van der Waals surface area contributed by atoms with Crippen molar-refractivity contribution in [2.45, 2.75) is 42.7 Å². The lowest BCUT2D eigenvalue weighted by atomic mass is 9.74. The van der Waals surface area contributed by atoms with Crippen molar-refractivity contribution in [3.63, 3.8) is 0 Å². The third kappa shape index (κ3) is 3.40. The highest BCUT2D eigenvalue weighted by atomic mass is 32.2. The molecule has 35 heavy (non-hydrogen) atoms. The van der Waals surface area contributed by atoms with E-state index in [1.165, 1.54) is 0 Å². The minimum atomic E-state index is -0.855. The van der Waals surface area contributed by atoms with E-state index in [4.69, 9.17) is 0 Å². The molecule has 3 amide bonds. The number of aliphatic hydroxyl groups is 1. The number of carbonyl (C=O) groups excluding carboxylic acids is 3. The fraction of sp³-hybridized carbons (Fsp3) is 0.519. The van der Waals surface area contributed by atoms with Crippen molar-refractivity contribution in [2.24, 2.45) is 11.8 Å². The molecule has 4 heterocycles. The smallest absolute Gasteiger partial charge is 0.251 e. The van der Waals surface area contributed by atoms with Crippen LogP contribution in [-0.2, 0) is 14.4 Å². The number of para-hydroxylation sites is 1. The van der Waals surface area contributed by atoms with Crippen molar-refractivity contribution >= 4 is 35.2 Å². The normalized spacial score (nSPS) is 34.1. The maximum atomic E-state index is 14.4. The Balaban J connectivity index is 1.67. The molecule has 5 atom stereocenters. The predicted molar refractivity (Wildman–Crippen MR) is 137 cm³/mol. The lowest BCUT2D eigenvalue weighted by Crippen LogP contribution is -2.54. The van der Waals surface area contributed by atoms with Gasteiger partial charge in [0.05, 0.1) is 16.6 Å². The van der Waals surface area contributed by atoms with Gasteiger partial charge in [-0.05, 0) is 38.3 Å². The number of aliphatic hydroxyl groups excluding tert-OH is 1. The van der Waals surface area contributed by atoms with Gasteiger partial charge in [0.1, 0.15) is 6.04 Å². The van der Waals surface area contributed by atoms with E-state index in [-0.39, 0.29) is 30.9 Å². The number of hydrogen-bond acceptors (Lipinski definition) is 5. The number of fused-ring (bicyclic) bond motifs is 2. The third-order valence-corrected chi connectivity index (χ3v) is 9.82. The molecule has 7 nitrogen and oxygen atoms in total. The minimum Gasteiger partial charge on any atom is -0.396 e. The van der Waals surface area contributed by atoms with Gasteiger partial charge >= 0.3 is 0 Å². The largest absolute Gasteiger partial charge is 0.396 e. The standard InChI is InChI=1S/C27H33N3O4S/c1-17-9-5-10-18(2)21(17)29-14-7-12-27-20(24(33)30(15-8-16-31)22(27)25(29)34)19-23(32)28(4)13-6-11-26(19,3)35-27/h5-7,9-12,19-20,22,31H,8,13-16H2,1-4H3/t19-,20+,22?,26+,27+/m1/s1. The highest BCUT2D eigenvalue weighted by molar-refractivity contribution is 8.02. The van der Waals surface area contributed by atoms with Gasteiger partial charge in [-0.25, -0.2) is 0 Å². The van der Waals surface area contributed by atoms with Crippen LogP contribution in [0.2, 0.25) is 0 Å². The average Bonchev–Trinajstić information content (AvgIpc) is 3.08. The fourth-order valence-corrected chi connectivity index (χ4v) is 8.71. The number of rotatable bonds is 4. The molecule has 0 saturated carbocycles. The number of likely N-dealkylation sites (N-methyl/N-ethyl adjacent to an activating group) is 1. The second kappa shape index (κ2) is 8.52. The van der Waals surface area contributed by atoms with Crippen LogP contribution in [0.25, 0.3) is 0 Å². The van der Waals surface area contributed by atoms with Crippen molar-refractivity contribution in [1.29, 1.82) is 0 Å². The lowest BCUT2D eigenvalue weighted by Gasteiger charge is -2.37. The zero-order valence-electron chi connectivity index (χ0n) is 20.7. The van der Waals surface area contributed by atoms with Crippen LogP contribution >= 0.6 is 11.8 Å². The average molecular weight is 496 g/mol. The van der Waals surface area contributed by atoms with Crippen molar-refractivity contribution in [1.82, 2.24) is 9.80 Å². The van der Waals surface area contributed by atoms with Crippen molar-refractivity contribution in [3.8, 4) is 0 Å². The first-order chi connectivity index (χ1) is 16.7. The van der Waals surface area contributed by atoms with Crippen molar-refractivity contribution in [2.75, 3.05) is 38.2 Å². The number of nitrogens with zero attached hydrogens (tertiary/aromatic N) is 3. The molecule has 2 saturated heterocycles. The lowest BCUT2D eigenvalue weighted by molar-refractivity contribution is -0.143. The Morgan fingerprint density at radius 3 is 2.37 bits per heavy atom. The SMILES string of the molecule is Cc1cccc(C)c1N1CC=C[C@]23S[C@@]4(C)C=CCN(C)C(=O)[C@H]4[C@H]2C(=O)N(CCCO)C3C1=O. The Bertz CT molecular complexity index is 1130.